The van der Waals surface area contributed by atoms with Gasteiger partial charge in [-0.1, -0.05) is 6.07 Å². The highest BCUT2D eigenvalue weighted by atomic mass is 16.6. The Kier molecular flexibility index (Phi) is 5.73. The van der Waals surface area contributed by atoms with Gasteiger partial charge in [0.15, 0.2) is 11.5 Å². The average molecular weight is 361 g/mol. The Labute approximate surface area is 156 Å². The molecule has 26 heavy (non-hydrogen) atoms. The van der Waals surface area contributed by atoms with Crippen molar-refractivity contribution < 1.29 is 14.3 Å². The van der Waals surface area contributed by atoms with Crippen LogP contribution in [0, 0.1) is 0 Å². The first kappa shape index (κ1) is 19.0. The number of amides is 1. The van der Waals surface area contributed by atoms with Crippen molar-refractivity contribution in [2.45, 2.75) is 45.8 Å². The van der Waals surface area contributed by atoms with Gasteiger partial charge < -0.3 is 14.8 Å². The Hall–Kier alpha value is -1.79. The Morgan fingerprint density at radius 2 is 1.77 bits per heavy atom. The molecule has 144 valence electrons. The Bertz CT molecular complexity index is 634. The monoisotopic (exact) mass is 361 g/mol. The van der Waals surface area contributed by atoms with E-state index in [9.17, 15) is 4.79 Å². The third kappa shape index (κ3) is 4.89. The second kappa shape index (κ2) is 7.84. The lowest BCUT2D eigenvalue weighted by atomic mass is 10.1. The van der Waals surface area contributed by atoms with E-state index >= 15 is 0 Å². The van der Waals surface area contributed by atoms with Crippen molar-refractivity contribution in [1.82, 2.24) is 15.1 Å². The zero-order chi connectivity index (χ0) is 18.7. The van der Waals surface area contributed by atoms with Crippen LogP contribution in [-0.4, -0.2) is 66.7 Å². The van der Waals surface area contributed by atoms with Gasteiger partial charge in [0.25, 0.3) is 0 Å². The van der Waals surface area contributed by atoms with Crippen molar-refractivity contribution in [2.75, 3.05) is 39.4 Å². The molecule has 6 heteroatoms. The molecule has 1 atom stereocenters. The van der Waals surface area contributed by atoms with Crippen LogP contribution in [-0.2, 0) is 11.3 Å². The van der Waals surface area contributed by atoms with Gasteiger partial charge in [0.05, 0.1) is 6.04 Å². The molecule has 0 aromatic heterocycles. The van der Waals surface area contributed by atoms with Crippen molar-refractivity contribution in [3.63, 3.8) is 0 Å². The SMILES string of the molecule is CC(C(=O)NC(C)(C)C)N1CCN(Cc2ccc3c(c2)OCCO3)CC1. The molecule has 1 fully saturated rings. The Balaban J connectivity index is 1.50. The molecule has 0 radical (unpaired) electrons. The molecule has 1 aromatic rings. The zero-order valence-electron chi connectivity index (χ0n) is 16.4. The van der Waals surface area contributed by atoms with Crippen LogP contribution in [0.5, 0.6) is 11.5 Å². The lowest BCUT2D eigenvalue weighted by Gasteiger charge is -2.38. The summed E-state index contributed by atoms with van der Waals surface area (Å²) in [5.41, 5.74) is 1.05. The topological polar surface area (TPSA) is 54.0 Å². The fourth-order valence-electron chi connectivity index (χ4n) is 3.39. The number of hydrogen-bond donors (Lipinski definition) is 1. The molecule has 0 bridgehead atoms. The maximum Gasteiger partial charge on any atom is 0.237 e. The zero-order valence-corrected chi connectivity index (χ0v) is 16.4. The number of rotatable bonds is 4. The normalized spacial score (nSPS) is 19.8. The number of benzene rings is 1. The number of fused-ring (bicyclic) bond motifs is 1. The highest BCUT2D eigenvalue weighted by Gasteiger charge is 2.27. The average Bonchev–Trinajstić information content (AvgIpc) is 2.60. The van der Waals surface area contributed by atoms with Gasteiger partial charge in [0.2, 0.25) is 5.91 Å². The molecule has 1 N–H and O–H groups in total. The fourth-order valence-corrected chi connectivity index (χ4v) is 3.39. The van der Waals surface area contributed by atoms with Crippen LogP contribution < -0.4 is 14.8 Å². The van der Waals surface area contributed by atoms with Crippen molar-refractivity contribution in [2.24, 2.45) is 0 Å². The molecule has 2 aliphatic heterocycles. The van der Waals surface area contributed by atoms with Crippen molar-refractivity contribution in [3.05, 3.63) is 23.8 Å². The number of carbonyl (C=O) groups excluding carboxylic acids is 1. The van der Waals surface area contributed by atoms with Gasteiger partial charge in [-0.25, -0.2) is 0 Å². The molecule has 6 nitrogen and oxygen atoms in total. The van der Waals surface area contributed by atoms with Gasteiger partial charge >= 0.3 is 0 Å². The van der Waals surface area contributed by atoms with Crippen LogP contribution in [0.2, 0.25) is 0 Å². The summed E-state index contributed by atoms with van der Waals surface area (Å²) in [5.74, 6) is 1.79. The standard InChI is InChI=1S/C20H31N3O3/c1-15(19(24)21-20(2,3)4)23-9-7-22(8-10-23)14-16-5-6-17-18(13-16)26-12-11-25-17/h5-6,13,15H,7-12,14H2,1-4H3,(H,21,24). The maximum atomic E-state index is 12.4. The van der Waals surface area contributed by atoms with Crippen molar-refractivity contribution >= 4 is 5.91 Å². The predicted molar refractivity (Wildman–Crippen MR) is 102 cm³/mol. The van der Waals surface area contributed by atoms with E-state index in [1.54, 1.807) is 0 Å². The summed E-state index contributed by atoms with van der Waals surface area (Å²) in [4.78, 5) is 17.1. The van der Waals surface area contributed by atoms with Gasteiger partial charge in [-0.05, 0) is 45.4 Å². The quantitative estimate of drug-likeness (QED) is 0.887. The molecule has 0 spiro atoms. The van der Waals surface area contributed by atoms with E-state index in [0.29, 0.717) is 13.2 Å². The van der Waals surface area contributed by atoms with Gasteiger partial charge in [0, 0.05) is 38.3 Å². The summed E-state index contributed by atoms with van der Waals surface area (Å²) in [6, 6.07) is 6.10. The van der Waals surface area contributed by atoms with Crippen LogP contribution in [0.15, 0.2) is 18.2 Å². The largest absolute Gasteiger partial charge is 0.486 e. The van der Waals surface area contributed by atoms with Crippen LogP contribution in [0.1, 0.15) is 33.3 Å². The van der Waals surface area contributed by atoms with Gasteiger partial charge in [-0.15, -0.1) is 0 Å². The fraction of sp³-hybridized carbons (Fsp3) is 0.650. The molecule has 1 amide bonds. The van der Waals surface area contributed by atoms with Gasteiger partial charge in [-0.2, -0.15) is 0 Å². The van der Waals surface area contributed by atoms with E-state index in [4.69, 9.17) is 9.47 Å². The van der Waals surface area contributed by atoms with Gasteiger partial charge in [-0.3, -0.25) is 14.6 Å². The van der Waals surface area contributed by atoms with Crippen LogP contribution >= 0.6 is 0 Å². The Morgan fingerprint density at radius 3 is 2.42 bits per heavy atom. The number of piperazine rings is 1. The summed E-state index contributed by atoms with van der Waals surface area (Å²) in [5, 5.41) is 3.08. The number of hydrogen-bond acceptors (Lipinski definition) is 5. The molecule has 2 aliphatic rings. The first-order valence-electron chi connectivity index (χ1n) is 9.49. The lowest BCUT2D eigenvalue weighted by molar-refractivity contribution is -0.128. The highest BCUT2D eigenvalue weighted by molar-refractivity contribution is 5.81. The van der Waals surface area contributed by atoms with Gasteiger partial charge in [0.1, 0.15) is 13.2 Å². The number of ether oxygens (including phenoxy) is 2. The minimum atomic E-state index is -0.189. The van der Waals surface area contributed by atoms with Crippen LogP contribution in [0.3, 0.4) is 0 Å². The first-order valence-corrected chi connectivity index (χ1v) is 9.49. The third-order valence-electron chi connectivity index (χ3n) is 4.85. The molecule has 1 saturated heterocycles. The molecular formula is C20H31N3O3. The second-order valence-electron chi connectivity index (χ2n) is 8.21. The smallest absolute Gasteiger partial charge is 0.237 e. The second-order valence-corrected chi connectivity index (χ2v) is 8.21. The number of carbonyl (C=O) groups is 1. The van der Waals surface area contributed by atoms with E-state index in [-0.39, 0.29) is 17.5 Å². The summed E-state index contributed by atoms with van der Waals surface area (Å²) in [6.45, 7) is 13.9. The summed E-state index contributed by atoms with van der Waals surface area (Å²) >= 11 is 0. The van der Waals surface area contributed by atoms with Crippen LogP contribution in [0.25, 0.3) is 0 Å². The predicted octanol–water partition coefficient (Wildman–Crippen LogP) is 1.88. The number of nitrogens with zero attached hydrogens (tertiary/aromatic N) is 2. The molecular weight excluding hydrogens is 330 g/mol. The number of nitrogens with one attached hydrogen (secondary N) is 1. The molecule has 2 heterocycles. The minimum Gasteiger partial charge on any atom is -0.486 e. The third-order valence-corrected chi connectivity index (χ3v) is 4.85. The maximum absolute atomic E-state index is 12.4. The Morgan fingerprint density at radius 1 is 1.12 bits per heavy atom. The van der Waals surface area contributed by atoms with E-state index in [0.717, 1.165) is 44.2 Å². The van der Waals surface area contributed by atoms with Crippen molar-refractivity contribution in [3.8, 4) is 11.5 Å². The summed E-state index contributed by atoms with van der Waals surface area (Å²) < 4.78 is 11.3. The minimum absolute atomic E-state index is 0.0920. The van der Waals surface area contributed by atoms with Crippen molar-refractivity contribution in [1.29, 1.82) is 0 Å². The summed E-state index contributed by atoms with van der Waals surface area (Å²) in [6.07, 6.45) is 0. The molecule has 1 aromatic carbocycles. The van der Waals surface area contributed by atoms with E-state index in [1.165, 1.54) is 5.56 Å². The molecule has 3 rings (SSSR count). The lowest BCUT2D eigenvalue weighted by Crippen LogP contribution is -2.56. The van der Waals surface area contributed by atoms with E-state index < -0.39 is 0 Å². The van der Waals surface area contributed by atoms with E-state index in [1.807, 2.05) is 33.8 Å². The van der Waals surface area contributed by atoms with E-state index in [2.05, 4.69) is 27.2 Å². The highest BCUT2D eigenvalue weighted by Crippen LogP contribution is 2.31. The summed E-state index contributed by atoms with van der Waals surface area (Å²) in [7, 11) is 0. The molecule has 0 aliphatic carbocycles. The molecule has 1 unspecified atom stereocenters. The molecule has 0 saturated carbocycles. The van der Waals surface area contributed by atoms with Crippen LogP contribution in [0.4, 0.5) is 0 Å². The first-order chi connectivity index (χ1) is 12.3.